The lowest BCUT2D eigenvalue weighted by Crippen LogP contribution is -2.40. The monoisotopic (exact) mass is 363 g/mol. The molecule has 6 heteroatoms. The summed E-state index contributed by atoms with van der Waals surface area (Å²) in [5, 5.41) is 3.09. The maximum Gasteiger partial charge on any atom is 0.271 e. The first kappa shape index (κ1) is 17.7. The summed E-state index contributed by atoms with van der Waals surface area (Å²) in [5.74, 6) is -0.135. The van der Waals surface area contributed by atoms with Gasteiger partial charge in [-0.25, -0.2) is 4.98 Å². The van der Waals surface area contributed by atoms with Crippen LogP contribution in [-0.2, 0) is 0 Å². The summed E-state index contributed by atoms with van der Waals surface area (Å²) in [4.78, 5) is 23.9. The third kappa shape index (κ3) is 3.85. The second kappa shape index (κ2) is 7.88. The lowest BCUT2D eigenvalue weighted by Gasteiger charge is -2.34. The fourth-order valence-electron chi connectivity index (χ4n) is 3.80. The molecular formula is C21H25N5O. The second-order valence-corrected chi connectivity index (χ2v) is 7.16. The van der Waals surface area contributed by atoms with Crippen molar-refractivity contribution >= 4 is 11.6 Å². The molecule has 3 aromatic heterocycles. The molecule has 0 aromatic carbocycles. The lowest BCUT2D eigenvalue weighted by atomic mass is 10.0. The minimum absolute atomic E-state index is 0.135. The third-order valence-corrected chi connectivity index (χ3v) is 5.27. The molecule has 140 valence electrons. The van der Waals surface area contributed by atoms with Crippen molar-refractivity contribution in [3.8, 4) is 0 Å². The number of imidazole rings is 1. The highest BCUT2D eigenvalue weighted by atomic mass is 16.1. The highest BCUT2D eigenvalue weighted by Crippen LogP contribution is 2.23. The Hall–Kier alpha value is -2.73. The van der Waals surface area contributed by atoms with Gasteiger partial charge in [-0.15, -0.1) is 0 Å². The molecule has 1 aliphatic heterocycles. The van der Waals surface area contributed by atoms with Gasteiger partial charge in [0, 0.05) is 31.3 Å². The number of nitrogens with one attached hydrogen (secondary N) is 1. The molecule has 0 spiro atoms. The number of nitrogens with zero attached hydrogens (tertiary/aromatic N) is 4. The van der Waals surface area contributed by atoms with Gasteiger partial charge in [-0.2, -0.15) is 0 Å². The van der Waals surface area contributed by atoms with Crippen LogP contribution in [0.2, 0.25) is 0 Å². The van der Waals surface area contributed by atoms with Crippen molar-refractivity contribution in [2.45, 2.75) is 32.2 Å². The number of carbonyl (C=O) groups is 1. The Morgan fingerprint density at radius 2 is 2.07 bits per heavy atom. The van der Waals surface area contributed by atoms with Crippen LogP contribution in [0.4, 0.5) is 0 Å². The maximum atomic E-state index is 12.7. The molecule has 4 heterocycles. The van der Waals surface area contributed by atoms with Crippen LogP contribution in [0.15, 0.2) is 49.1 Å². The smallest absolute Gasteiger partial charge is 0.271 e. The van der Waals surface area contributed by atoms with Gasteiger partial charge in [0.25, 0.3) is 5.91 Å². The van der Waals surface area contributed by atoms with Crippen molar-refractivity contribution in [1.82, 2.24) is 24.6 Å². The van der Waals surface area contributed by atoms with E-state index in [0.29, 0.717) is 12.2 Å². The van der Waals surface area contributed by atoms with Gasteiger partial charge >= 0.3 is 0 Å². The largest absolute Gasteiger partial charge is 0.349 e. The molecule has 3 aromatic rings. The third-order valence-electron chi connectivity index (χ3n) is 5.27. The standard InChI is InChI=1S/C21H25N5O/c1-16-7-6-12-26-15-18(24-20(16)26)21(27)23-14-19(17-8-5-9-22-13-17)25-10-3-2-4-11-25/h5-9,12-13,15,19H,2-4,10-11,14H2,1H3,(H,23,27)/t19-/m0/s1. The molecule has 0 aliphatic carbocycles. The van der Waals surface area contributed by atoms with Gasteiger partial charge in [0.05, 0.1) is 6.04 Å². The van der Waals surface area contributed by atoms with Crippen LogP contribution in [-0.4, -0.2) is 44.8 Å². The molecule has 0 radical (unpaired) electrons. The van der Waals surface area contributed by atoms with Crippen LogP contribution in [0.3, 0.4) is 0 Å². The molecule has 0 saturated carbocycles. The Kier molecular flexibility index (Phi) is 5.16. The van der Waals surface area contributed by atoms with Crippen LogP contribution >= 0.6 is 0 Å². The Labute approximate surface area is 159 Å². The summed E-state index contributed by atoms with van der Waals surface area (Å²) in [6.45, 7) is 4.67. The van der Waals surface area contributed by atoms with Gasteiger partial charge in [0.2, 0.25) is 0 Å². The van der Waals surface area contributed by atoms with Crippen LogP contribution < -0.4 is 5.32 Å². The van der Waals surface area contributed by atoms with E-state index >= 15 is 0 Å². The minimum atomic E-state index is -0.135. The predicted octanol–water partition coefficient (Wildman–Crippen LogP) is 2.99. The van der Waals surface area contributed by atoms with Gasteiger partial charge in [-0.1, -0.05) is 18.6 Å². The highest BCUT2D eigenvalue weighted by Gasteiger charge is 2.23. The molecule has 1 N–H and O–H groups in total. The molecule has 4 rings (SSSR count). The first-order valence-corrected chi connectivity index (χ1v) is 9.59. The fraction of sp³-hybridized carbons (Fsp3) is 0.381. The highest BCUT2D eigenvalue weighted by molar-refractivity contribution is 5.93. The number of pyridine rings is 2. The van der Waals surface area contributed by atoms with E-state index in [4.69, 9.17) is 0 Å². The molecule has 1 atom stereocenters. The average Bonchev–Trinajstić information content (AvgIpc) is 3.16. The van der Waals surface area contributed by atoms with Gasteiger partial charge < -0.3 is 9.72 Å². The van der Waals surface area contributed by atoms with E-state index in [-0.39, 0.29) is 11.9 Å². The van der Waals surface area contributed by atoms with Gasteiger partial charge in [-0.3, -0.25) is 14.7 Å². The van der Waals surface area contributed by atoms with Crippen molar-refractivity contribution in [2.24, 2.45) is 0 Å². The number of hydrogen-bond donors (Lipinski definition) is 1. The number of carbonyl (C=O) groups excluding carboxylic acids is 1. The summed E-state index contributed by atoms with van der Waals surface area (Å²) < 4.78 is 1.90. The summed E-state index contributed by atoms with van der Waals surface area (Å²) in [5.41, 5.74) is 3.47. The quantitative estimate of drug-likeness (QED) is 0.757. The lowest BCUT2D eigenvalue weighted by molar-refractivity contribution is 0.0920. The van der Waals surface area contributed by atoms with E-state index in [1.165, 1.54) is 19.3 Å². The van der Waals surface area contributed by atoms with Crippen LogP contribution in [0, 0.1) is 6.92 Å². The van der Waals surface area contributed by atoms with Gasteiger partial charge in [0.15, 0.2) is 0 Å². The summed E-state index contributed by atoms with van der Waals surface area (Å²) in [6.07, 6.45) is 11.1. The number of rotatable bonds is 5. The molecule has 6 nitrogen and oxygen atoms in total. The SMILES string of the molecule is Cc1cccn2cc(C(=O)NC[C@@H](c3cccnc3)N3CCCCC3)nc12. The van der Waals surface area contributed by atoms with Gasteiger partial charge in [0.1, 0.15) is 11.3 Å². The van der Waals surface area contributed by atoms with E-state index in [0.717, 1.165) is 29.9 Å². The number of aromatic nitrogens is 3. The average molecular weight is 363 g/mol. The fourth-order valence-corrected chi connectivity index (χ4v) is 3.80. The Morgan fingerprint density at radius 1 is 1.22 bits per heavy atom. The van der Waals surface area contributed by atoms with E-state index in [1.54, 1.807) is 12.4 Å². The van der Waals surface area contributed by atoms with Crippen molar-refractivity contribution in [3.05, 3.63) is 65.9 Å². The zero-order valence-electron chi connectivity index (χ0n) is 15.6. The number of hydrogen-bond acceptors (Lipinski definition) is 4. The Balaban J connectivity index is 1.50. The normalized spacial score (nSPS) is 16.3. The van der Waals surface area contributed by atoms with E-state index in [1.807, 2.05) is 41.9 Å². The topological polar surface area (TPSA) is 62.5 Å². The van der Waals surface area contributed by atoms with E-state index < -0.39 is 0 Å². The van der Waals surface area contributed by atoms with Crippen molar-refractivity contribution < 1.29 is 4.79 Å². The van der Waals surface area contributed by atoms with Gasteiger partial charge in [-0.05, 0) is 56.1 Å². The molecule has 0 bridgehead atoms. The number of likely N-dealkylation sites (tertiary alicyclic amines) is 1. The second-order valence-electron chi connectivity index (χ2n) is 7.16. The van der Waals surface area contributed by atoms with Crippen molar-refractivity contribution in [3.63, 3.8) is 0 Å². The van der Waals surface area contributed by atoms with Crippen LogP contribution in [0.25, 0.3) is 5.65 Å². The summed E-state index contributed by atoms with van der Waals surface area (Å²) in [7, 11) is 0. The summed E-state index contributed by atoms with van der Waals surface area (Å²) >= 11 is 0. The Bertz CT molecular complexity index is 915. The molecule has 1 saturated heterocycles. The first-order chi connectivity index (χ1) is 13.2. The van der Waals surface area contributed by atoms with Crippen LogP contribution in [0.1, 0.15) is 46.9 Å². The number of fused-ring (bicyclic) bond motifs is 1. The number of aryl methyl sites for hydroxylation is 1. The van der Waals surface area contributed by atoms with E-state index in [9.17, 15) is 4.79 Å². The molecule has 1 aliphatic rings. The minimum Gasteiger partial charge on any atom is -0.349 e. The Morgan fingerprint density at radius 3 is 2.81 bits per heavy atom. The zero-order valence-corrected chi connectivity index (χ0v) is 15.6. The maximum absolute atomic E-state index is 12.7. The molecule has 1 amide bonds. The molecule has 0 unspecified atom stereocenters. The summed E-state index contributed by atoms with van der Waals surface area (Å²) in [6, 6.07) is 8.15. The van der Waals surface area contributed by atoms with Crippen molar-refractivity contribution in [2.75, 3.05) is 19.6 Å². The molecule has 27 heavy (non-hydrogen) atoms. The molecular weight excluding hydrogens is 338 g/mol. The van der Waals surface area contributed by atoms with Crippen LogP contribution in [0.5, 0.6) is 0 Å². The number of amides is 1. The molecule has 1 fully saturated rings. The number of piperidine rings is 1. The van der Waals surface area contributed by atoms with Crippen molar-refractivity contribution in [1.29, 1.82) is 0 Å². The first-order valence-electron chi connectivity index (χ1n) is 9.59. The van der Waals surface area contributed by atoms with E-state index in [2.05, 4.69) is 26.3 Å². The zero-order chi connectivity index (χ0) is 18.6. The predicted molar refractivity (Wildman–Crippen MR) is 105 cm³/mol.